The second kappa shape index (κ2) is 7.77. The first kappa shape index (κ1) is 17.9. The zero-order chi connectivity index (χ0) is 16.8. The van der Waals surface area contributed by atoms with E-state index in [1.165, 1.54) is 0 Å². The number of carbonyl (C=O) groups is 2. The van der Waals surface area contributed by atoms with Crippen molar-refractivity contribution in [3.63, 3.8) is 0 Å². The monoisotopic (exact) mass is 310 g/mol. The van der Waals surface area contributed by atoms with Crippen LogP contribution in [0.25, 0.3) is 0 Å². The lowest BCUT2D eigenvalue weighted by molar-refractivity contribution is -0.146. The summed E-state index contributed by atoms with van der Waals surface area (Å²) >= 11 is 0. The van der Waals surface area contributed by atoms with Gasteiger partial charge in [-0.2, -0.15) is 5.01 Å². The maximum Gasteiger partial charge on any atom is 0.422 e. The summed E-state index contributed by atoms with van der Waals surface area (Å²) in [5.41, 5.74) is 2.47. The van der Waals surface area contributed by atoms with Crippen LogP contribution in [0.5, 0.6) is 0 Å². The maximum absolute atomic E-state index is 11.9. The molecule has 0 saturated carbocycles. The molecule has 7 heteroatoms. The van der Waals surface area contributed by atoms with Crippen molar-refractivity contribution in [2.45, 2.75) is 39.0 Å². The average Bonchev–Trinajstić information content (AvgIpc) is 2.37. The third-order valence-corrected chi connectivity index (χ3v) is 2.66. The number of carboxylic acid groups (broad SMARTS) is 1. The summed E-state index contributed by atoms with van der Waals surface area (Å²) in [6, 6.07) is 7.74. The van der Waals surface area contributed by atoms with Crippen molar-refractivity contribution in [1.29, 1.82) is 0 Å². The van der Waals surface area contributed by atoms with E-state index in [-0.39, 0.29) is 6.54 Å². The van der Waals surface area contributed by atoms with Gasteiger partial charge in [0.25, 0.3) is 0 Å². The number of hydrazine groups is 1. The van der Waals surface area contributed by atoms with E-state index < -0.39 is 30.3 Å². The summed E-state index contributed by atoms with van der Waals surface area (Å²) < 4.78 is 5.11. The lowest BCUT2D eigenvalue weighted by atomic mass is 10.2. The SMILES string of the molecule is CC(C)(C)OC(=O)NN(Cc1ccccc1)[C@@H](CO)C(=O)O. The molecule has 0 bridgehead atoms. The first-order valence-electron chi connectivity index (χ1n) is 6.87. The fourth-order valence-electron chi connectivity index (χ4n) is 1.74. The highest BCUT2D eigenvalue weighted by Crippen LogP contribution is 2.10. The number of ether oxygens (including phenoxy) is 1. The fraction of sp³-hybridized carbons (Fsp3) is 0.467. The predicted octanol–water partition coefficient (Wildman–Crippen LogP) is 1.37. The number of carboxylic acids is 1. The van der Waals surface area contributed by atoms with Crippen LogP contribution >= 0.6 is 0 Å². The second-order valence-corrected chi connectivity index (χ2v) is 5.76. The zero-order valence-electron chi connectivity index (χ0n) is 12.9. The predicted molar refractivity (Wildman–Crippen MR) is 79.9 cm³/mol. The molecule has 1 aromatic rings. The van der Waals surface area contributed by atoms with E-state index in [1.54, 1.807) is 45.0 Å². The maximum atomic E-state index is 11.9. The van der Waals surface area contributed by atoms with Crippen molar-refractivity contribution in [2.24, 2.45) is 0 Å². The minimum absolute atomic E-state index is 0.123. The smallest absolute Gasteiger partial charge is 0.422 e. The van der Waals surface area contributed by atoms with E-state index in [0.29, 0.717) is 0 Å². The molecule has 0 aliphatic heterocycles. The topological polar surface area (TPSA) is 99.1 Å². The van der Waals surface area contributed by atoms with Gasteiger partial charge in [-0.15, -0.1) is 0 Å². The van der Waals surface area contributed by atoms with Crippen molar-refractivity contribution in [3.8, 4) is 0 Å². The Labute approximate surface area is 129 Å². The summed E-state index contributed by atoms with van der Waals surface area (Å²) in [7, 11) is 0. The molecular formula is C15H22N2O5. The highest BCUT2D eigenvalue weighted by molar-refractivity contribution is 5.74. The zero-order valence-corrected chi connectivity index (χ0v) is 12.9. The van der Waals surface area contributed by atoms with E-state index in [2.05, 4.69) is 5.43 Å². The molecule has 1 atom stereocenters. The molecule has 0 aliphatic rings. The van der Waals surface area contributed by atoms with Crippen LogP contribution in [0.2, 0.25) is 0 Å². The van der Waals surface area contributed by atoms with Gasteiger partial charge in [0, 0.05) is 6.54 Å². The van der Waals surface area contributed by atoms with E-state index in [0.717, 1.165) is 10.6 Å². The Kier molecular flexibility index (Phi) is 6.33. The second-order valence-electron chi connectivity index (χ2n) is 5.76. The van der Waals surface area contributed by atoms with Crippen LogP contribution in [0.4, 0.5) is 4.79 Å². The van der Waals surface area contributed by atoms with Crippen LogP contribution in [-0.4, -0.2) is 45.5 Å². The summed E-state index contributed by atoms with van der Waals surface area (Å²) in [5.74, 6) is -1.24. The van der Waals surface area contributed by atoms with Crippen molar-refractivity contribution in [1.82, 2.24) is 10.4 Å². The fourth-order valence-corrected chi connectivity index (χ4v) is 1.74. The average molecular weight is 310 g/mol. The number of hydrogen-bond donors (Lipinski definition) is 3. The van der Waals surface area contributed by atoms with Gasteiger partial charge in [0.2, 0.25) is 0 Å². The molecule has 3 N–H and O–H groups in total. The Morgan fingerprint density at radius 2 is 1.86 bits per heavy atom. The molecule has 0 saturated heterocycles. The number of nitrogens with zero attached hydrogens (tertiary/aromatic N) is 1. The Morgan fingerprint density at radius 1 is 1.27 bits per heavy atom. The molecule has 0 aromatic heterocycles. The third-order valence-electron chi connectivity index (χ3n) is 2.66. The Morgan fingerprint density at radius 3 is 2.32 bits per heavy atom. The number of aliphatic hydroxyl groups is 1. The Hall–Kier alpha value is -2.12. The van der Waals surface area contributed by atoms with Gasteiger partial charge in [-0.1, -0.05) is 30.3 Å². The molecule has 122 valence electrons. The van der Waals surface area contributed by atoms with E-state index in [4.69, 9.17) is 4.74 Å². The summed E-state index contributed by atoms with van der Waals surface area (Å²) in [4.78, 5) is 23.1. The summed E-state index contributed by atoms with van der Waals surface area (Å²) in [6.07, 6.45) is -0.775. The van der Waals surface area contributed by atoms with Gasteiger partial charge in [-0.05, 0) is 26.3 Å². The molecule has 1 aromatic carbocycles. The normalized spacial score (nSPS) is 12.8. The molecule has 0 aliphatic carbocycles. The number of nitrogens with one attached hydrogen (secondary N) is 1. The lowest BCUT2D eigenvalue weighted by Gasteiger charge is -2.29. The number of carbonyl (C=O) groups excluding carboxylic acids is 1. The van der Waals surface area contributed by atoms with Gasteiger partial charge in [0.1, 0.15) is 11.6 Å². The van der Waals surface area contributed by atoms with E-state index in [1.807, 2.05) is 6.07 Å². The molecule has 0 spiro atoms. The standard InChI is InChI=1S/C15H22N2O5/c1-15(2,3)22-14(21)16-17(12(10-18)13(19)20)9-11-7-5-4-6-8-11/h4-8,12,18H,9-10H2,1-3H3,(H,16,21)(H,19,20)/t12-/m0/s1. The van der Waals surface area contributed by atoms with E-state index in [9.17, 15) is 19.8 Å². The number of aliphatic hydroxyl groups excluding tert-OH is 1. The Bertz CT molecular complexity index is 498. The largest absolute Gasteiger partial charge is 0.480 e. The number of rotatable bonds is 6. The quantitative estimate of drug-likeness (QED) is 0.686. The third kappa shape index (κ3) is 6.11. The molecule has 0 unspecified atom stereocenters. The Balaban J connectivity index is 2.86. The number of hydrogen-bond acceptors (Lipinski definition) is 5. The highest BCUT2D eigenvalue weighted by Gasteiger charge is 2.28. The van der Waals surface area contributed by atoms with Crippen LogP contribution in [0, 0.1) is 0 Å². The minimum Gasteiger partial charge on any atom is -0.480 e. The van der Waals surface area contributed by atoms with Gasteiger partial charge in [0.05, 0.1) is 6.61 Å². The molecule has 22 heavy (non-hydrogen) atoms. The van der Waals surface area contributed by atoms with Crippen molar-refractivity contribution in [2.75, 3.05) is 6.61 Å². The van der Waals surface area contributed by atoms with E-state index >= 15 is 0 Å². The molecule has 1 rings (SSSR count). The highest BCUT2D eigenvalue weighted by atomic mass is 16.6. The van der Waals surface area contributed by atoms with Crippen LogP contribution in [0.15, 0.2) is 30.3 Å². The number of benzene rings is 1. The van der Waals surface area contributed by atoms with Gasteiger partial charge in [-0.25, -0.2) is 4.79 Å². The van der Waals surface area contributed by atoms with Crippen molar-refractivity contribution < 1.29 is 24.5 Å². The minimum atomic E-state index is -1.27. The van der Waals surface area contributed by atoms with Gasteiger partial charge < -0.3 is 14.9 Å². The molecule has 0 heterocycles. The van der Waals surface area contributed by atoms with Gasteiger partial charge in [-0.3, -0.25) is 10.2 Å². The van der Waals surface area contributed by atoms with Crippen LogP contribution < -0.4 is 5.43 Å². The molecule has 0 radical (unpaired) electrons. The van der Waals surface area contributed by atoms with Crippen molar-refractivity contribution >= 4 is 12.1 Å². The molecule has 7 nitrogen and oxygen atoms in total. The number of aliphatic carboxylic acids is 1. The van der Waals surface area contributed by atoms with Gasteiger partial charge >= 0.3 is 12.1 Å². The van der Waals surface area contributed by atoms with Crippen molar-refractivity contribution in [3.05, 3.63) is 35.9 Å². The first-order valence-corrected chi connectivity index (χ1v) is 6.87. The first-order chi connectivity index (χ1) is 10.2. The van der Waals surface area contributed by atoms with Crippen LogP contribution in [-0.2, 0) is 16.1 Å². The number of amides is 1. The van der Waals surface area contributed by atoms with Gasteiger partial charge in [0.15, 0.2) is 0 Å². The summed E-state index contributed by atoms with van der Waals surface area (Å²) in [6.45, 7) is 4.59. The molecular weight excluding hydrogens is 288 g/mol. The molecule has 0 fully saturated rings. The summed E-state index contributed by atoms with van der Waals surface area (Å²) in [5, 5.41) is 19.6. The van der Waals surface area contributed by atoms with Crippen LogP contribution in [0.3, 0.4) is 0 Å². The van der Waals surface area contributed by atoms with Crippen LogP contribution in [0.1, 0.15) is 26.3 Å². The molecule has 1 amide bonds. The lowest BCUT2D eigenvalue weighted by Crippen LogP contribution is -2.53.